The molecule has 9 nitrogen and oxygen atoms in total. The summed E-state index contributed by atoms with van der Waals surface area (Å²) in [6, 6.07) is 3.40. The van der Waals surface area contributed by atoms with Crippen LogP contribution < -0.4 is 10.2 Å². The summed E-state index contributed by atoms with van der Waals surface area (Å²) in [5.74, 6) is 0.383. The number of urea groups is 1. The van der Waals surface area contributed by atoms with Crippen LogP contribution in [0.25, 0.3) is 22.7 Å². The molecule has 1 unspecified atom stereocenters. The van der Waals surface area contributed by atoms with Crippen LogP contribution in [0.1, 0.15) is 5.69 Å². The van der Waals surface area contributed by atoms with Gasteiger partial charge < -0.3 is 14.4 Å². The van der Waals surface area contributed by atoms with Crippen molar-refractivity contribution in [2.45, 2.75) is 11.1 Å². The fourth-order valence-electron chi connectivity index (χ4n) is 2.62. The standard InChI is InChI=1S/C16H16F3N7O2S/c1-20-15(27)25(2)11-6-5-9(29(4)28)12(22-11)14-21-8-7-10(16(17,18)19)23-24-13(8)26(14)3/h5-7H,1-4H3,(H,20,27). The first kappa shape index (κ1) is 20.8. The maximum atomic E-state index is 12.9. The van der Waals surface area contributed by atoms with E-state index in [0.29, 0.717) is 4.90 Å². The van der Waals surface area contributed by atoms with Crippen molar-refractivity contribution in [3.8, 4) is 11.5 Å². The van der Waals surface area contributed by atoms with Crippen LogP contribution in [0, 0.1) is 0 Å². The average molecular weight is 427 g/mol. The molecule has 0 aliphatic rings. The Morgan fingerprint density at radius 3 is 2.55 bits per heavy atom. The third-order valence-electron chi connectivity index (χ3n) is 4.13. The van der Waals surface area contributed by atoms with Crippen LogP contribution in [0.3, 0.4) is 0 Å². The van der Waals surface area contributed by atoms with E-state index in [1.165, 1.54) is 49.0 Å². The molecule has 0 bridgehead atoms. The third-order valence-corrected chi connectivity index (χ3v) is 5.08. The molecular weight excluding hydrogens is 411 g/mol. The summed E-state index contributed by atoms with van der Waals surface area (Å²) < 4.78 is 52.4. The molecule has 0 aromatic carbocycles. The smallest absolute Gasteiger partial charge is 0.435 e. The van der Waals surface area contributed by atoms with Crippen LogP contribution in [-0.4, -0.2) is 55.7 Å². The van der Waals surface area contributed by atoms with E-state index in [4.69, 9.17) is 0 Å². The highest BCUT2D eigenvalue weighted by Crippen LogP contribution is 2.32. The highest BCUT2D eigenvalue weighted by atomic mass is 32.2. The van der Waals surface area contributed by atoms with Gasteiger partial charge in [0, 0.05) is 27.2 Å². The summed E-state index contributed by atoms with van der Waals surface area (Å²) >= 11 is -1.47. The van der Waals surface area contributed by atoms with Gasteiger partial charge >= 0.3 is 12.2 Å². The maximum absolute atomic E-state index is 12.9. The molecule has 0 aliphatic carbocycles. The number of aryl methyl sites for hydroxylation is 1. The number of hydrogen-bond acceptors (Lipinski definition) is 6. The molecule has 1 N–H and O–H groups in total. The number of halogens is 3. The Morgan fingerprint density at radius 1 is 1.28 bits per heavy atom. The molecule has 0 aliphatic heterocycles. The molecule has 29 heavy (non-hydrogen) atoms. The van der Waals surface area contributed by atoms with Crippen molar-refractivity contribution >= 4 is 34.2 Å². The Morgan fingerprint density at radius 2 is 1.97 bits per heavy atom. The van der Waals surface area contributed by atoms with Crippen LogP contribution in [0.4, 0.5) is 23.8 Å². The van der Waals surface area contributed by atoms with Crippen LogP contribution in [0.5, 0.6) is 0 Å². The Bertz CT molecular complexity index is 1080. The first-order valence-corrected chi connectivity index (χ1v) is 9.68. The third kappa shape index (κ3) is 3.82. The predicted octanol–water partition coefficient (Wildman–Crippen LogP) is 1.96. The normalized spacial score (nSPS) is 12.8. The van der Waals surface area contributed by atoms with E-state index < -0.39 is 29.1 Å². The quantitative estimate of drug-likeness (QED) is 0.640. The zero-order valence-corrected chi connectivity index (χ0v) is 16.6. The van der Waals surface area contributed by atoms with E-state index in [0.717, 1.165) is 6.07 Å². The second-order valence-electron chi connectivity index (χ2n) is 6.02. The molecule has 3 aromatic heterocycles. The maximum Gasteiger partial charge on any atom is 0.435 e. The minimum absolute atomic E-state index is 0.0375. The molecule has 2 amide bonds. The van der Waals surface area contributed by atoms with Gasteiger partial charge in [-0.05, 0) is 23.3 Å². The number of hydrogen-bond donors (Lipinski definition) is 1. The Labute approximate surface area is 166 Å². The molecule has 1 atom stereocenters. The predicted molar refractivity (Wildman–Crippen MR) is 99.7 cm³/mol. The monoisotopic (exact) mass is 427 g/mol. The number of fused-ring (bicyclic) bond motifs is 1. The molecule has 0 spiro atoms. The topological polar surface area (TPSA) is 112 Å². The lowest BCUT2D eigenvalue weighted by molar-refractivity contribution is -0.141. The van der Waals surface area contributed by atoms with Crippen LogP contribution in [0.15, 0.2) is 23.1 Å². The number of nitrogens with zero attached hydrogens (tertiary/aromatic N) is 6. The van der Waals surface area contributed by atoms with Crippen molar-refractivity contribution in [2.24, 2.45) is 7.05 Å². The number of amides is 2. The van der Waals surface area contributed by atoms with Gasteiger partial charge in [-0.3, -0.25) is 4.90 Å². The SMILES string of the molecule is CNC(=O)N(C)c1ccc([S+](C)[O-])c(-c2nc3cc(C(F)(F)F)nnc3n2C)n1. The van der Waals surface area contributed by atoms with Gasteiger partial charge in [0.2, 0.25) is 0 Å². The van der Waals surface area contributed by atoms with E-state index in [9.17, 15) is 22.5 Å². The lowest BCUT2D eigenvalue weighted by atomic mass is 10.3. The number of carbonyl (C=O) groups is 1. The minimum Gasteiger partial charge on any atom is -0.612 e. The van der Waals surface area contributed by atoms with Crippen LogP contribution in [0.2, 0.25) is 0 Å². The van der Waals surface area contributed by atoms with Gasteiger partial charge in [0.25, 0.3) is 0 Å². The second-order valence-corrected chi connectivity index (χ2v) is 7.36. The van der Waals surface area contributed by atoms with Gasteiger partial charge in [0.1, 0.15) is 17.6 Å². The molecule has 0 saturated carbocycles. The summed E-state index contributed by atoms with van der Waals surface area (Å²) in [7, 11) is 4.48. The zero-order chi connectivity index (χ0) is 21.5. The van der Waals surface area contributed by atoms with E-state index in [-0.39, 0.29) is 28.5 Å². The van der Waals surface area contributed by atoms with Crippen LogP contribution >= 0.6 is 0 Å². The van der Waals surface area contributed by atoms with Gasteiger partial charge in [-0.25, -0.2) is 14.8 Å². The number of pyridine rings is 1. The van der Waals surface area contributed by atoms with Crippen molar-refractivity contribution in [1.29, 1.82) is 0 Å². The lowest BCUT2D eigenvalue weighted by Gasteiger charge is -2.17. The zero-order valence-electron chi connectivity index (χ0n) is 15.8. The average Bonchev–Trinajstić information content (AvgIpc) is 3.01. The number of aromatic nitrogens is 5. The molecule has 3 aromatic rings. The summed E-state index contributed by atoms with van der Waals surface area (Å²) in [6.45, 7) is 0. The van der Waals surface area contributed by atoms with Gasteiger partial charge in [0.15, 0.2) is 27.8 Å². The number of anilines is 1. The van der Waals surface area contributed by atoms with Crippen molar-refractivity contribution < 1.29 is 22.5 Å². The highest BCUT2D eigenvalue weighted by molar-refractivity contribution is 7.90. The number of nitrogens with one attached hydrogen (secondary N) is 1. The molecular formula is C16H16F3N7O2S. The van der Waals surface area contributed by atoms with Gasteiger partial charge in [-0.15, -0.1) is 10.2 Å². The molecule has 3 heterocycles. The van der Waals surface area contributed by atoms with Crippen molar-refractivity contribution in [1.82, 2.24) is 30.0 Å². The fourth-order valence-corrected chi connectivity index (χ4v) is 3.29. The Kier molecular flexibility index (Phi) is 5.36. The van der Waals surface area contributed by atoms with Crippen molar-refractivity contribution in [3.63, 3.8) is 0 Å². The van der Waals surface area contributed by atoms with E-state index in [2.05, 4.69) is 25.5 Å². The summed E-state index contributed by atoms with van der Waals surface area (Å²) in [6.07, 6.45) is -3.23. The van der Waals surface area contributed by atoms with Crippen molar-refractivity contribution in [2.75, 3.05) is 25.3 Å². The molecule has 13 heteroatoms. The Balaban J connectivity index is 2.21. The first-order valence-electron chi connectivity index (χ1n) is 8.12. The fraction of sp³-hybridized carbons (Fsp3) is 0.312. The molecule has 0 fully saturated rings. The molecule has 0 saturated heterocycles. The molecule has 0 radical (unpaired) electrons. The number of alkyl halides is 3. The van der Waals surface area contributed by atoms with E-state index >= 15 is 0 Å². The Hall–Kier alpha value is -2.93. The largest absolute Gasteiger partial charge is 0.612 e. The second kappa shape index (κ2) is 7.48. The van der Waals surface area contributed by atoms with E-state index in [1.54, 1.807) is 0 Å². The van der Waals surface area contributed by atoms with Crippen LogP contribution in [-0.2, 0) is 24.4 Å². The first-order chi connectivity index (χ1) is 13.5. The minimum atomic E-state index is -4.66. The molecule has 154 valence electrons. The van der Waals surface area contributed by atoms with Gasteiger partial charge in [-0.2, -0.15) is 13.2 Å². The number of carbonyl (C=O) groups excluding carboxylic acids is 1. The van der Waals surface area contributed by atoms with Gasteiger partial charge in [0.05, 0.1) is 0 Å². The number of rotatable bonds is 3. The van der Waals surface area contributed by atoms with E-state index in [1.807, 2.05) is 0 Å². The summed E-state index contributed by atoms with van der Waals surface area (Å²) in [4.78, 5) is 22.0. The lowest BCUT2D eigenvalue weighted by Crippen LogP contribution is -2.35. The van der Waals surface area contributed by atoms with Crippen molar-refractivity contribution in [3.05, 3.63) is 23.9 Å². The number of imidazole rings is 1. The molecule has 3 rings (SSSR count). The van der Waals surface area contributed by atoms with Gasteiger partial charge in [-0.1, -0.05) is 0 Å². The summed E-state index contributed by atoms with van der Waals surface area (Å²) in [5.41, 5.74) is -0.944. The summed E-state index contributed by atoms with van der Waals surface area (Å²) in [5, 5.41) is 9.28. The highest BCUT2D eigenvalue weighted by Gasteiger charge is 2.34.